The summed E-state index contributed by atoms with van der Waals surface area (Å²) in [7, 11) is -2.23. The summed E-state index contributed by atoms with van der Waals surface area (Å²) in [4.78, 5) is -0.100. The zero-order valence-corrected chi connectivity index (χ0v) is 16.2. The van der Waals surface area contributed by atoms with Crippen LogP contribution < -0.4 is 0 Å². The lowest BCUT2D eigenvalue weighted by molar-refractivity contribution is -0.139. The van der Waals surface area contributed by atoms with Crippen molar-refractivity contribution in [1.29, 1.82) is 0 Å². The summed E-state index contributed by atoms with van der Waals surface area (Å²) >= 11 is 0. The van der Waals surface area contributed by atoms with Gasteiger partial charge in [-0.15, -0.1) is 0 Å². The number of rotatable bonds is 3. The molecule has 3 rings (SSSR count). The van der Waals surface area contributed by atoms with Gasteiger partial charge in [0.2, 0.25) is 0 Å². The van der Waals surface area contributed by atoms with Crippen LogP contribution in [0.2, 0.25) is 0 Å². The van der Waals surface area contributed by atoms with E-state index >= 15 is 0 Å². The lowest BCUT2D eigenvalue weighted by Crippen LogP contribution is -2.39. The molecule has 2 aromatic carbocycles. The van der Waals surface area contributed by atoms with Crippen LogP contribution in [-0.2, 0) is 27.9 Å². The average Bonchev–Trinajstić information content (AvgIpc) is 2.67. The Hall–Kier alpha value is -1.94. The monoisotopic (exact) mass is 454 g/mol. The molecule has 1 saturated carbocycles. The molecule has 0 heterocycles. The lowest BCUT2D eigenvalue weighted by Gasteiger charge is -2.40. The van der Waals surface area contributed by atoms with Crippen LogP contribution >= 0.6 is 0 Å². The van der Waals surface area contributed by atoms with E-state index in [0.29, 0.717) is 30.3 Å². The van der Waals surface area contributed by atoms with Crippen molar-refractivity contribution in [2.75, 3.05) is 0 Å². The molecule has 1 atom stereocenters. The summed E-state index contributed by atoms with van der Waals surface area (Å²) in [5.74, 6) is -0.951. The van der Waals surface area contributed by atoms with E-state index in [1.54, 1.807) is 0 Å². The van der Waals surface area contributed by atoms with Crippen molar-refractivity contribution in [2.45, 2.75) is 53.8 Å². The predicted octanol–water partition coefficient (Wildman–Crippen LogP) is 5.80. The van der Waals surface area contributed by atoms with Crippen LogP contribution in [0, 0.1) is 5.82 Å². The summed E-state index contributed by atoms with van der Waals surface area (Å²) in [6.07, 6.45) is -10.5. The molecule has 0 radical (unpaired) electrons. The fraction of sp³-hybridized carbons (Fsp3) is 0.400. The number of benzene rings is 2. The topological polar surface area (TPSA) is 37.3 Å². The number of alkyl halides is 6. The summed E-state index contributed by atoms with van der Waals surface area (Å²) in [6.45, 7) is 0. The molecule has 2 aromatic rings. The Morgan fingerprint density at radius 2 is 1.47 bits per heavy atom. The average molecular weight is 454 g/mol. The van der Waals surface area contributed by atoms with Crippen molar-refractivity contribution in [1.82, 2.24) is 0 Å². The number of hydrogen-bond acceptors (Lipinski definition) is 2. The third-order valence-electron chi connectivity index (χ3n) is 5.29. The van der Waals surface area contributed by atoms with Crippen molar-refractivity contribution in [3.63, 3.8) is 0 Å². The maximum atomic E-state index is 13.9. The van der Waals surface area contributed by atoms with E-state index in [0.717, 1.165) is 12.1 Å². The largest absolute Gasteiger partial charge is 0.416 e. The van der Waals surface area contributed by atoms with Gasteiger partial charge in [0.1, 0.15) is 5.82 Å². The molecule has 0 spiro atoms. The standard InChI is InChI=1S/C20H17F7O2S/c21-13-3-6-16(20(25,26)27)17(11-13)18(9-7-14(28)8-10-18)30(29)15-4-1-12(2-5-15)19(22,23)24/h1-6,11,14,28H,7-10H2/t14?,18?,30-/m1/s1. The third kappa shape index (κ3) is 4.39. The molecule has 0 amide bonds. The Bertz CT molecular complexity index is 928. The molecule has 10 heteroatoms. The van der Waals surface area contributed by atoms with Gasteiger partial charge in [-0.2, -0.15) is 26.3 Å². The first-order valence-corrected chi connectivity index (χ1v) is 10.1. The van der Waals surface area contributed by atoms with Crippen LogP contribution in [0.5, 0.6) is 0 Å². The Labute approximate surface area is 170 Å². The highest BCUT2D eigenvalue weighted by Crippen LogP contribution is 2.49. The van der Waals surface area contributed by atoms with Crippen LogP contribution in [0.25, 0.3) is 0 Å². The first kappa shape index (κ1) is 22.7. The van der Waals surface area contributed by atoms with Crippen LogP contribution in [0.1, 0.15) is 42.4 Å². The van der Waals surface area contributed by atoms with E-state index in [2.05, 4.69) is 0 Å². The van der Waals surface area contributed by atoms with Gasteiger partial charge in [0.05, 0.1) is 32.8 Å². The fourth-order valence-corrected chi connectivity index (χ4v) is 5.57. The van der Waals surface area contributed by atoms with Gasteiger partial charge >= 0.3 is 12.4 Å². The Morgan fingerprint density at radius 1 is 0.900 bits per heavy atom. The molecule has 0 saturated heterocycles. The molecular weight excluding hydrogens is 437 g/mol. The highest BCUT2D eigenvalue weighted by molar-refractivity contribution is 7.86. The van der Waals surface area contributed by atoms with E-state index in [4.69, 9.17) is 0 Å². The first-order chi connectivity index (χ1) is 13.8. The quantitative estimate of drug-likeness (QED) is 0.595. The van der Waals surface area contributed by atoms with E-state index in [1.165, 1.54) is 0 Å². The van der Waals surface area contributed by atoms with Crippen molar-refractivity contribution < 1.29 is 40.0 Å². The van der Waals surface area contributed by atoms with Gasteiger partial charge in [0.25, 0.3) is 0 Å². The maximum Gasteiger partial charge on any atom is 0.416 e. The Morgan fingerprint density at radius 3 is 1.97 bits per heavy atom. The Balaban J connectivity index is 2.15. The zero-order chi connectivity index (χ0) is 22.3. The van der Waals surface area contributed by atoms with Gasteiger partial charge in [0.15, 0.2) is 0 Å². The smallest absolute Gasteiger partial charge is 0.393 e. The minimum Gasteiger partial charge on any atom is -0.393 e. The molecule has 1 aliphatic carbocycles. The molecule has 0 unspecified atom stereocenters. The van der Waals surface area contributed by atoms with Crippen molar-refractivity contribution in [3.05, 3.63) is 65.0 Å². The fourth-order valence-electron chi connectivity index (χ4n) is 3.76. The minimum absolute atomic E-state index is 0.0280. The molecule has 0 aliphatic heterocycles. The van der Waals surface area contributed by atoms with Gasteiger partial charge in [-0.25, -0.2) is 4.39 Å². The second-order valence-electron chi connectivity index (χ2n) is 7.20. The highest BCUT2D eigenvalue weighted by Gasteiger charge is 2.48. The molecule has 2 nitrogen and oxygen atoms in total. The lowest BCUT2D eigenvalue weighted by atomic mass is 9.79. The van der Waals surface area contributed by atoms with Crippen LogP contribution in [0.4, 0.5) is 30.7 Å². The summed E-state index contributed by atoms with van der Waals surface area (Å²) < 4.78 is 105. The van der Waals surface area contributed by atoms with Crippen LogP contribution in [-0.4, -0.2) is 15.4 Å². The second-order valence-corrected chi connectivity index (χ2v) is 8.99. The molecule has 0 aromatic heterocycles. The van der Waals surface area contributed by atoms with Gasteiger partial charge in [-0.3, -0.25) is 4.21 Å². The summed E-state index contributed by atoms with van der Waals surface area (Å²) in [5.41, 5.74) is -2.65. The first-order valence-electron chi connectivity index (χ1n) is 8.99. The summed E-state index contributed by atoms with van der Waals surface area (Å²) in [5, 5.41) is 9.83. The molecular formula is C20H17F7O2S. The van der Waals surface area contributed by atoms with Crippen molar-refractivity contribution >= 4 is 10.8 Å². The second kappa shape index (κ2) is 7.96. The summed E-state index contributed by atoms with van der Waals surface area (Å²) in [6, 6.07) is 5.23. The maximum absolute atomic E-state index is 13.9. The molecule has 1 aliphatic rings. The molecule has 30 heavy (non-hydrogen) atoms. The zero-order valence-electron chi connectivity index (χ0n) is 15.4. The van der Waals surface area contributed by atoms with Gasteiger partial charge in [-0.05, 0) is 73.7 Å². The SMILES string of the molecule is O=[S@](c1ccc(C(F)(F)F)cc1)C1(c2cc(F)ccc2C(F)(F)F)CCC(O)CC1. The van der Waals surface area contributed by atoms with E-state index in [-0.39, 0.29) is 30.6 Å². The van der Waals surface area contributed by atoms with Crippen LogP contribution in [0.3, 0.4) is 0 Å². The molecule has 164 valence electrons. The Kier molecular flexibility index (Phi) is 6.03. The van der Waals surface area contributed by atoms with Crippen molar-refractivity contribution in [3.8, 4) is 0 Å². The third-order valence-corrected chi connectivity index (χ3v) is 7.33. The van der Waals surface area contributed by atoms with E-state index in [1.807, 2.05) is 0 Å². The number of aliphatic hydroxyl groups excluding tert-OH is 1. The van der Waals surface area contributed by atoms with E-state index < -0.39 is 56.5 Å². The molecule has 1 fully saturated rings. The minimum atomic E-state index is -4.85. The molecule has 0 bridgehead atoms. The van der Waals surface area contributed by atoms with Crippen molar-refractivity contribution in [2.24, 2.45) is 0 Å². The number of halogens is 7. The predicted molar refractivity (Wildman–Crippen MR) is 95.4 cm³/mol. The van der Waals surface area contributed by atoms with Gasteiger partial charge < -0.3 is 5.11 Å². The van der Waals surface area contributed by atoms with Gasteiger partial charge in [0, 0.05) is 4.90 Å². The van der Waals surface area contributed by atoms with E-state index in [9.17, 15) is 40.0 Å². The number of hydrogen-bond donors (Lipinski definition) is 1. The number of aliphatic hydroxyl groups is 1. The highest BCUT2D eigenvalue weighted by atomic mass is 32.2. The van der Waals surface area contributed by atoms with Crippen LogP contribution in [0.15, 0.2) is 47.4 Å². The normalized spacial score (nSPS) is 23.9. The molecule has 1 N–H and O–H groups in total. The van der Waals surface area contributed by atoms with Gasteiger partial charge in [-0.1, -0.05) is 0 Å².